The lowest BCUT2D eigenvalue weighted by molar-refractivity contribution is 0.101. The van der Waals surface area contributed by atoms with E-state index in [1.807, 2.05) is 18.7 Å². The molecule has 0 unspecified atom stereocenters. The van der Waals surface area contributed by atoms with E-state index in [9.17, 15) is 14.3 Å². The lowest BCUT2D eigenvalue weighted by Gasteiger charge is -2.33. The van der Waals surface area contributed by atoms with Gasteiger partial charge in [0.25, 0.3) is 0 Å². The summed E-state index contributed by atoms with van der Waals surface area (Å²) in [5.74, 6) is -0.791. The van der Waals surface area contributed by atoms with Gasteiger partial charge < -0.3 is 10.0 Å². The average molecular weight is 267 g/mol. The van der Waals surface area contributed by atoms with Crippen LogP contribution in [-0.2, 0) is 0 Å². The number of Topliss-reactive ketones (excluding diaryl/α,β-unsaturated/α-hetero) is 1. The molecule has 0 aliphatic rings. The van der Waals surface area contributed by atoms with Crippen molar-refractivity contribution in [1.82, 2.24) is 0 Å². The van der Waals surface area contributed by atoms with E-state index in [1.165, 1.54) is 13.0 Å². The second kappa shape index (κ2) is 7.24. The van der Waals surface area contributed by atoms with Gasteiger partial charge in [-0.25, -0.2) is 4.39 Å². The standard InChI is InChI=1S/C15H22FNO2/c1-4-12(5-2)17(9-10-18)14-8-6-7-13(16)15(14)11(3)19/h6-8,12,18H,4-5,9-10H2,1-3H3. The van der Waals surface area contributed by atoms with Crippen molar-refractivity contribution in [2.45, 2.75) is 39.7 Å². The second-order valence-electron chi connectivity index (χ2n) is 4.58. The van der Waals surface area contributed by atoms with Crippen LogP contribution in [0.5, 0.6) is 0 Å². The van der Waals surface area contributed by atoms with E-state index in [0.717, 1.165) is 12.8 Å². The fourth-order valence-electron chi connectivity index (χ4n) is 2.44. The van der Waals surface area contributed by atoms with Gasteiger partial charge in [0.05, 0.1) is 17.9 Å². The van der Waals surface area contributed by atoms with Crippen LogP contribution < -0.4 is 4.90 Å². The number of benzene rings is 1. The molecule has 3 nitrogen and oxygen atoms in total. The van der Waals surface area contributed by atoms with Crippen LogP contribution in [0.2, 0.25) is 0 Å². The van der Waals surface area contributed by atoms with E-state index >= 15 is 0 Å². The van der Waals surface area contributed by atoms with Gasteiger partial charge in [-0.2, -0.15) is 0 Å². The molecule has 1 rings (SSSR count). The number of nitrogens with zero attached hydrogens (tertiary/aromatic N) is 1. The first kappa shape index (κ1) is 15.6. The second-order valence-corrected chi connectivity index (χ2v) is 4.58. The molecule has 1 aromatic rings. The predicted molar refractivity (Wildman–Crippen MR) is 75.2 cm³/mol. The van der Waals surface area contributed by atoms with Gasteiger partial charge in [0, 0.05) is 12.6 Å². The summed E-state index contributed by atoms with van der Waals surface area (Å²) in [5, 5.41) is 9.22. The largest absolute Gasteiger partial charge is 0.395 e. The Morgan fingerprint density at radius 1 is 1.37 bits per heavy atom. The fraction of sp³-hybridized carbons (Fsp3) is 0.533. The van der Waals surface area contributed by atoms with E-state index in [0.29, 0.717) is 12.2 Å². The summed E-state index contributed by atoms with van der Waals surface area (Å²) in [5.41, 5.74) is 0.693. The number of anilines is 1. The minimum Gasteiger partial charge on any atom is -0.395 e. The van der Waals surface area contributed by atoms with E-state index in [1.54, 1.807) is 12.1 Å². The molecule has 0 aromatic heterocycles. The van der Waals surface area contributed by atoms with Gasteiger partial charge in [-0.1, -0.05) is 19.9 Å². The number of rotatable bonds is 7. The molecule has 0 aliphatic carbocycles. The van der Waals surface area contributed by atoms with Crippen molar-refractivity contribution in [1.29, 1.82) is 0 Å². The molecule has 0 bridgehead atoms. The number of hydrogen-bond acceptors (Lipinski definition) is 3. The smallest absolute Gasteiger partial charge is 0.164 e. The first-order chi connectivity index (χ1) is 9.06. The van der Waals surface area contributed by atoms with Gasteiger partial charge >= 0.3 is 0 Å². The summed E-state index contributed by atoms with van der Waals surface area (Å²) < 4.78 is 13.9. The summed E-state index contributed by atoms with van der Waals surface area (Å²) >= 11 is 0. The van der Waals surface area contributed by atoms with E-state index in [4.69, 9.17) is 0 Å². The Labute approximate surface area is 114 Å². The fourth-order valence-corrected chi connectivity index (χ4v) is 2.44. The highest BCUT2D eigenvalue weighted by Crippen LogP contribution is 2.27. The van der Waals surface area contributed by atoms with Crippen molar-refractivity contribution in [2.75, 3.05) is 18.1 Å². The van der Waals surface area contributed by atoms with Gasteiger partial charge in [0.1, 0.15) is 5.82 Å². The quantitative estimate of drug-likeness (QED) is 0.772. The van der Waals surface area contributed by atoms with Crippen LogP contribution in [0.15, 0.2) is 18.2 Å². The maximum atomic E-state index is 13.9. The molecule has 1 N–H and O–H groups in total. The van der Waals surface area contributed by atoms with Crippen LogP contribution in [0.3, 0.4) is 0 Å². The molecule has 19 heavy (non-hydrogen) atoms. The SMILES string of the molecule is CCC(CC)N(CCO)c1cccc(F)c1C(C)=O. The monoisotopic (exact) mass is 267 g/mol. The third-order valence-corrected chi connectivity index (χ3v) is 3.38. The summed E-state index contributed by atoms with van der Waals surface area (Å²) in [6.45, 7) is 5.84. The summed E-state index contributed by atoms with van der Waals surface area (Å²) in [7, 11) is 0. The molecule has 0 radical (unpaired) electrons. The van der Waals surface area contributed by atoms with Gasteiger partial charge in [0.15, 0.2) is 5.78 Å². The van der Waals surface area contributed by atoms with Gasteiger partial charge in [-0.15, -0.1) is 0 Å². The number of hydrogen-bond donors (Lipinski definition) is 1. The summed E-state index contributed by atoms with van der Waals surface area (Å²) in [4.78, 5) is 13.6. The molecule has 106 valence electrons. The number of halogens is 1. The average Bonchev–Trinajstić information content (AvgIpc) is 2.38. The maximum Gasteiger partial charge on any atom is 0.164 e. The first-order valence-corrected chi connectivity index (χ1v) is 6.73. The molecule has 4 heteroatoms. The van der Waals surface area contributed by atoms with Crippen molar-refractivity contribution in [3.63, 3.8) is 0 Å². The first-order valence-electron chi connectivity index (χ1n) is 6.73. The topological polar surface area (TPSA) is 40.5 Å². The van der Waals surface area contributed by atoms with Crippen LogP contribution in [-0.4, -0.2) is 30.1 Å². The third-order valence-electron chi connectivity index (χ3n) is 3.38. The molecule has 0 amide bonds. The number of aliphatic hydroxyl groups excluding tert-OH is 1. The Morgan fingerprint density at radius 2 is 2.00 bits per heavy atom. The number of carbonyl (C=O) groups excluding carboxylic acids is 1. The zero-order chi connectivity index (χ0) is 14.4. The highest BCUT2D eigenvalue weighted by atomic mass is 19.1. The molecule has 1 aromatic carbocycles. The third kappa shape index (κ3) is 3.53. The van der Waals surface area contributed by atoms with Crippen LogP contribution in [0.1, 0.15) is 44.0 Å². The Kier molecular flexibility index (Phi) is 5.96. The minimum absolute atomic E-state index is 0.0235. The molecule has 0 saturated heterocycles. The highest BCUT2D eigenvalue weighted by Gasteiger charge is 2.22. The lowest BCUT2D eigenvalue weighted by atomic mass is 10.0. The van der Waals surface area contributed by atoms with Crippen molar-refractivity contribution >= 4 is 11.5 Å². The summed E-state index contributed by atoms with van der Waals surface area (Å²) in [6.07, 6.45) is 1.76. The van der Waals surface area contributed by atoms with Crippen molar-refractivity contribution in [2.24, 2.45) is 0 Å². The van der Waals surface area contributed by atoms with Crippen LogP contribution >= 0.6 is 0 Å². The molecule has 0 fully saturated rings. The molecule has 0 aliphatic heterocycles. The lowest BCUT2D eigenvalue weighted by Crippen LogP contribution is -2.37. The molecule has 0 heterocycles. The van der Waals surface area contributed by atoms with E-state index < -0.39 is 5.82 Å². The van der Waals surface area contributed by atoms with E-state index in [2.05, 4.69) is 0 Å². The van der Waals surface area contributed by atoms with Crippen LogP contribution in [0.25, 0.3) is 0 Å². The zero-order valence-corrected chi connectivity index (χ0v) is 11.8. The summed E-state index contributed by atoms with van der Waals surface area (Å²) in [6, 6.07) is 4.83. The molecule has 0 spiro atoms. The van der Waals surface area contributed by atoms with Crippen molar-refractivity contribution in [3.8, 4) is 0 Å². The predicted octanol–water partition coefficient (Wildman–Crippen LogP) is 3.02. The van der Waals surface area contributed by atoms with Gasteiger partial charge in [-0.05, 0) is 31.9 Å². The Balaban J connectivity index is 3.29. The number of carbonyl (C=O) groups is 1. The molecular formula is C15H22FNO2. The molecular weight excluding hydrogens is 245 g/mol. The van der Waals surface area contributed by atoms with Crippen molar-refractivity contribution < 1.29 is 14.3 Å². The number of aliphatic hydroxyl groups is 1. The maximum absolute atomic E-state index is 13.9. The minimum atomic E-state index is -0.501. The normalized spacial score (nSPS) is 10.8. The van der Waals surface area contributed by atoms with E-state index in [-0.39, 0.29) is 24.0 Å². The molecule has 0 atom stereocenters. The van der Waals surface area contributed by atoms with Crippen molar-refractivity contribution in [3.05, 3.63) is 29.6 Å². The molecule has 0 saturated carbocycles. The Bertz CT molecular complexity index is 430. The van der Waals surface area contributed by atoms with Crippen LogP contribution in [0.4, 0.5) is 10.1 Å². The van der Waals surface area contributed by atoms with Gasteiger partial charge in [-0.3, -0.25) is 4.79 Å². The Morgan fingerprint density at radius 3 is 2.47 bits per heavy atom. The Hall–Kier alpha value is -1.42. The zero-order valence-electron chi connectivity index (χ0n) is 11.8. The highest BCUT2D eigenvalue weighted by molar-refractivity contribution is 6.00. The van der Waals surface area contributed by atoms with Crippen LogP contribution in [0, 0.1) is 5.82 Å². The number of ketones is 1. The van der Waals surface area contributed by atoms with Gasteiger partial charge in [0.2, 0.25) is 0 Å².